The van der Waals surface area contributed by atoms with Gasteiger partial charge in [0, 0.05) is 22.1 Å². The van der Waals surface area contributed by atoms with Gasteiger partial charge in [-0.05, 0) is 95.9 Å². The fourth-order valence-corrected chi connectivity index (χ4v) is 8.54. The standard InChI is InChI=1S/C49H35N/c1-49(2)44-21-11-9-20-41(44)42-28-26-37(31-45(42)49)50(46-22-12-10-18-39(46)36-24-23-32-13-3-4-15-34(32)29-36)47-30-35-16-6-7-17-38(35)43-27-25-33-14-5-8-19-40(33)48(43)47/h3-31H,1-2H3. The van der Waals surface area contributed by atoms with E-state index in [4.69, 9.17) is 0 Å². The molecule has 1 heteroatoms. The van der Waals surface area contributed by atoms with Crippen LogP contribution >= 0.6 is 0 Å². The Kier molecular flexibility index (Phi) is 6.29. The molecule has 0 aromatic heterocycles. The third-order valence-electron chi connectivity index (χ3n) is 11.0. The van der Waals surface area contributed by atoms with Crippen LogP contribution in [-0.4, -0.2) is 0 Å². The lowest BCUT2D eigenvalue weighted by Gasteiger charge is -2.31. The van der Waals surface area contributed by atoms with Gasteiger partial charge >= 0.3 is 0 Å². The van der Waals surface area contributed by atoms with Gasteiger partial charge in [0.15, 0.2) is 0 Å². The summed E-state index contributed by atoms with van der Waals surface area (Å²) in [5, 5.41) is 10.0. The quantitative estimate of drug-likeness (QED) is 0.174. The van der Waals surface area contributed by atoms with Crippen molar-refractivity contribution in [2.75, 3.05) is 4.90 Å². The van der Waals surface area contributed by atoms with E-state index in [2.05, 4.69) is 195 Å². The van der Waals surface area contributed by atoms with Crippen LogP contribution in [0.4, 0.5) is 17.1 Å². The summed E-state index contributed by atoms with van der Waals surface area (Å²) in [7, 11) is 0. The van der Waals surface area contributed by atoms with Crippen LogP contribution in [0.2, 0.25) is 0 Å². The third-order valence-corrected chi connectivity index (χ3v) is 11.0. The van der Waals surface area contributed by atoms with Crippen LogP contribution in [0, 0.1) is 0 Å². The first kappa shape index (κ1) is 28.8. The summed E-state index contributed by atoms with van der Waals surface area (Å²) < 4.78 is 0. The second kappa shape index (κ2) is 10.9. The summed E-state index contributed by atoms with van der Waals surface area (Å²) in [5.74, 6) is 0. The summed E-state index contributed by atoms with van der Waals surface area (Å²) in [6.07, 6.45) is 0. The molecule has 50 heavy (non-hydrogen) atoms. The SMILES string of the molecule is CC1(C)c2ccccc2-c2ccc(N(c3ccccc3-c3ccc4ccccc4c3)c3cc4ccccc4c4ccc5ccccc5c34)cc21. The van der Waals surface area contributed by atoms with E-state index in [1.807, 2.05) is 0 Å². The highest BCUT2D eigenvalue weighted by Gasteiger charge is 2.36. The zero-order valence-corrected chi connectivity index (χ0v) is 28.2. The van der Waals surface area contributed by atoms with Crippen molar-refractivity contribution in [1.82, 2.24) is 0 Å². The molecule has 1 nitrogen and oxygen atoms in total. The molecule has 0 unspecified atom stereocenters. The molecule has 0 N–H and O–H groups in total. The first-order valence-corrected chi connectivity index (χ1v) is 17.5. The molecular weight excluding hydrogens is 603 g/mol. The van der Waals surface area contributed by atoms with Crippen molar-refractivity contribution in [2.45, 2.75) is 19.3 Å². The Bertz CT molecular complexity index is 2800. The molecule has 236 valence electrons. The molecule has 1 aliphatic rings. The highest BCUT2D eigenvalue weighted by atomic mass is 15.1. The smallest absolute Gasteiger partial charge is 0.0552 e. The second-order valence-electron chi connectivity index (χ2n) is 14.1. The average Bonchev–Trinajstić information content (AvgIpc) is 3.40. The summed E-state index contributed by atoms with van der Waals surface area (Å²) in [4.78, 5) is 2.53. The van der Waals surface area contributed by atoms with E-state index in [1.54, 1.807) is 0 Å². The van der Waals surface area contributed by atoms with Crippen molar-refractivity contribution >= 4 is 60.2 Å². The average molecular weight is 638 g/mol. The van der Waals surface area contributed by atoms with Crippen LogP contribution in [-0.2, 0) is 5.41 Å². The van der Waals surface area contributed by atoms with E-state index in [0.29, 0.717) is 0 Å². The number of hydrogen-bond donors (Lipinski definition) is 0. The molecule has 9 aromatic rings. The van der Waals surface area contributed by atoms with Crippen LogP contribution in [0.5, 0.6) is 0 Å². The summed E-state index contributed by atoms with van der Waals surface area (Å²) in [6.45, 7) is 4.74. The van der Waals surface area contributed by atoms with E-state index in [1.165, 1.54) is 82.2 Å². The Morgan fingerprint density at radius 2 is 1.02 bits per heavy atom. The number of hydrogen-bond acceptors (Lipinski definition) is 1. The van der Waals surface area contributed by atoms with Gasteiger partial charge in [0.05, 0.1) is 11.4 Å². The summed E-state index contributed by atoms with van der Waals surface area (Å²) in [5.41, 5.74) is 11.2. The topological polar surface area (TPSA) is 3.24 Å². The van der Waals surface area contributed by atoms with Gasteiger partial charge in [0.2, 0.25) is 0 Å². The maximum atomic E-state index is 2.53. The van der Waals surface area contributed by atoms with E-state index < -0.39 is 0 Å². The highest BCUT2D eigenvalue weighted by Crippen LogP contribution is 2.52. The lowest BCUT2D eigenvalue weighted by Crippen LogP contribution is -2.17. The molecule has 0 spiro atoms. The molecule has 10 rings (SSSR count). The molecule has 0 fully saturated rings. The van der Waals surface area contributed by atoms with Crippen LogP contribution in [0.3, 0.4) is 0 Å². The fraction of sp³-hybridized carbons (Fsp3) is 0.0612. The number of benzene rings is 9. The minimum Gasteiger partial charge on any atom is -0.309 e. The van der Waals surface area contributed by atoms with Crippen molar-refractivity contribution < 1.29 is 0 Å². The van der Waals surface area contributed by atoms with Crippen LogP contribution in [0.1, 0.15) is 25.0 Å². The van der Waals surface area contributed by atoms with E-state index in [9.17, 15) is 0 Å². The predicted molar refractivity (Wildman–Crippen MR) is 214 cm³/mol. The van der Waals surface area contributed by atoms with Crippen LogP contribution in [0.15, 0.2) is 176 Å². The summed E-state index contributed by atoms with van der Waals surface area (Å²) >= 11 is 0. The fourth-order valence-electron chi connectivity index (χ4n) is 8.54. The highest BCUT2D eigenvalue weighted by molar-refractivity contribution is 6.24. The molecule has 0 radical (unpaired) electrons. The van der Waals surface area contributed by atoms with E-state index in [0.717, 1.165) is 11.4 Å². The third kappa shape index (κ3) is 4.27. The Hall–Kier alpha value is -6.18. The van der Waals surface area contributed by atoms with Gasteiger partial charge in [-0.25, -0.2) is 0 Å². The minimum atomic E-state index is -0.121. The normalized spacial score (nSPS) is 13.2. The van der Waals surface area contributed by atoms with Crippen molar-refractivity contribution in [3.63, 3.8) is 0 Å². The van der Waals surface area contributed by atoms with Crippen molar-refractivity contribution in [3.05, 3.63) is 187 Å². The number of rotatable bonds is 4. The number of anilines is 3. The molecule has 1 aliphatic carbocycles. The zero-order valence-electron chi connectivity index (χ0n) is 28.2. The van der Waals surface area contributed by atoms with Gasteiger partial charge in [-0.1, -0.05) is 159 Å². The molecule has 0 heterocycles. The maximum Gasteiger partial charge on any atom is 0.0552 e. The van der Waals surface area contributed by atoms with E-state index in [-0.39, 0.29) is 5.41 Å². The van der Waals surface area contributed by atoms with Crippen molar-refractivity contribution in [2.24, 2.45) is 0 Å². The van der Waals surface area contributed by atoms with Gasteiger partial charge in [-0.3, -0.25) is 0 Å². The van der Waals surface area contributed by atoms with E-state index >= 15 is 0 Å². The molecule has 0 amide bonds. The first-order valence-electron chi connectivity index (χ1n) is 17.5. The lowest BCUT2D eigenvalue weighted by molar-refractivity contribution is 0.660. The van der Waals surface area contributed by atoms with Crippen molar-refractivity contribution in [3.8, 4) is 22.3 Å². The van der Waals surface area contributed by atoms with Gasteiger partial charge in [-0.2, -0.15) is 0 Å². The number of para-hydroxylation sites is 1. The second-order valence-corrected chi connectivity index (χ2v) is 14.1. The Labute approximate surface area is 292 Å². The van der Waals surface area contributed by atoms with Gasteiger partial charge in [-0.15, -0.1) is 0 Å². The van der Waals surface area contributed by atoms with Crippen molar-refractivity contribution in [1.29, 1.82) is 0 Å². The lowest BCUT2D eigenvalue weighted by atomic mass is 9.82. The molecule has 0 saturated heterocycles. The van der Waals surface area contributed by atoms with Gasteiger partial charge in [0.1, 0.15) is 0 Å². The molecule has 0 aliphatic heterocycles. The predicted octanol–water partition coefficient (Wildman–Crippen LogP) is 13.7. The molecule has 0 atom stereocenters. The monoisotopic (exact) mass is 637 g/mol. The number of nitrogens with zero attached hydrogens (tertiary/aromatic N) is 1. The molecule has 0 saturated carbocycles. The maximum absolute atomic E-state index is 2.53. The molecule has 9 aromatic carbocycles. The first-order chi connectivity index (χ1) is 24.6. The van der Waals surface area contributed by atoms with Gasteiger partial charge in [0.25, 0.3) is 0 Å². The molecule has 0 bridgehead atoms. The number of fused-ring (bicyclic) bond motifs is 9. The Morgan fingerprint density at radius 3 is 1.88 bits per heavy atom. The van der Waals surface area contributed by atoms with Gasteiger partial charge < -0.3 is 4.90 Å². The van der Waals surface area contributed by atoms with Crippen LogP contribution < -0.4 is 4.90 Å². The molecular formula is C49H35N. The summed E-state index contributed by atoms with van der Waals surface area (Å²) in [6, 6.07) is 65.1. The van der Waals surface area contributed by atoms with Crippen LogP contribution in [0.25, 0.3) is 65.3 Å². The minimum absolute atomic E-state index is 0.121. The Balaban J connectivity index is 1.32. The largest absolute Gasteiger partial charge is 0.309 e. The zero-order chi connectivity index (χ0) is 33.4. The Morgan fingerprint density at radius 1 is 0.380 bits per heavy atom.